The maximum Gasteiger partial charge on any atom is 0.416 e. The van der Waals surface area contributed by atoms with Gasteiger partial charge in [-0.05, 0) is 47.5 Å². The summed E-state index contributed by atoms with van der Waals surface area (Å²) in [6, 6.07) is 27.7. The number of carbonyl (C=O) groups excluding carboxylic acids is 1. The number of halogens is 3. The Balaban J connectivity index is 1.68. The molecule has 0 saturated carbocycles. The van der Waals surface area contributed by atoms with Gasteiger partial charge in [0, 0.05) is 6.54 Å². The first kappa shape index (κ1) is 26.0. The third-order valence-electron chi connectivity index (χ3n) is 5.62. The highest BCUT2D eigenvalue weighted by molar-refractivity contribution is 7.92. The van der Waals surface area contributed by atoms with E-state index in [0.29, 0.717) is 5.56 Å². The fraction of sp³-hybridized carbons (Fsp3) is 0.107. The van der Waals surface area contributed by atoms with E-state index in [2.05, 4.69) is 5.32 Å². The lowest BCUT2D eigenvalue weighted by Crippen LogP contribution is -2.33. The fourth-order valence-corrected chi connectivity index (χ4v) is 5.28. The molecule has 37 heavy (non-hydrogen) atoms. The fourth-order valence-electron chi connectivity index (χ4n) is 3.79. The molecule has 4 aromatic carbocycles. The maximum atomic E-state index is 13.7. The van der Waals surface area contributed by atoms with Gasteiger partial charge in [0.25, 0.3) is 15.9 Å². The average Bonchev–Trinajstić information content (AvgIpc) is 2.91. The minimum Gasteiger partial charge on any atom is -0.348 e. The monoisotopic (exact) mass is 524 g/mol. The number of alkyl halides is 3. The van der Waals surface area contributed by atoms with E-state index >= 15 is 0 Å². The minimum atomic E-state index is -4.50. The topological polar surface area (TPSA) is 66.5 Å². The van der Waals surface area contributed by atoms with Crippen LogP contribution in [0.15, 0.2) is 114 Å². The molecule has 5 nitrogen and oxygen atoms in total. The minimum absolute atomic E-state index is 0.0318. The van der Waals surface area contributed by atoms with Crippen LogP contribution in [0.2, 0.25) is 0 Å². The number of rotatable bonds is 8. The van der Waals surface area contributed by atoms with Crippen LogP contribution < -0.4 is 9.62 Å². The second kappa shape index (κ2) is 10.9. The number of carbonyl (C=O) groups is 1. The van der Waals surface area contributed by atoms with Crippen LogP contribution in [0.3, 0.4) is 0 Å². The zero-order chi connectivity index (χ0) is 26.5. The van der Waals surface area contributed by atoms with Crippen molar-refractivity contribution in [2.75, 3.05) is 4.31 Å². The van der Waals surface area contributed by atoms with E-state index in [1.807, 2.05) is 6.07 Å². The number of amides is 1. The van der Waals surface area contributed by atoms with Gasteiger partial charge in [0.1, 0.15) is 0 Å². The van der Waals surface area contributed by atoms with Crippen molar-refractivity contribution < 1.29 is 26.4 Å². The van der Waals surface area contributed by atoms with E-state index in [1.165, 1.54) is 36.4 Å². The molecule has 0 bridgehead atoms. The first-order valence-corrected chi connectivity index (χ1v) is 12.8. The molecule has 0 heterocycles. The van der Waals surface area contributed by atoms with Crippen molar-refractivity contribution in [3.05, 3.63) is 131 Å². The summed E-state index contributed by atoms with van der Waals surface area (Å²) in [5, 5.41) is 2.62. The lowest BCUT2D eigenvalue weighted by molar-refractivity contribution is -0.137. The molecule has 1 N–H and O–H groups in total. The van der Waals surface area contributed by atoms with Crippen molar-refractivity contribution in [2.24, 2.45) is 0 Å². The molecule has 0 aromatic heterocycles. The molecular formula is C28H23F3N2O3S. The van der Waals surface area contributed by atoms with Crippen molar-refractivity contribution >= 4 is 21.6 Å². The first-order valence-electron chi connectivity index (χ1n) is 11.3. The van der Waals surface area contributed by atoms with Crippen LogP contribution in [0, 0.1) is 0 Å². The molecular weight excluding hydrogens is 501 g/mol. The highest BCUT2D eigenvalue weighted by Gasteiger charge is 2.31. The maximum absolute atomic E-state index is 13.7. The molecule has 1 amide bonds. The molecule has 9 heteroatoms. The quantitative estimate of drug-likeness (QED) is 0.306. The van der Waals surface area contributed by atoms with Gasteiger partial charge in [0.05, 0.1) is 28.3 Å². The third kappa shape index (κ3) is 6.18. The number of nitrogens with one attached hydrogen (secondary N) is 1. The van der Waals surface area contributed by atoms with Gasteiger partial charge in [0.2, 0.25) is 0 Å². The van der Waals surface area contributed by atoms with Crippen LogP contribution in [0.5, 0.6) is 0 Å². The van der Waals surface area contributed by atoms with Gasteiger partial charge in [-0.1, -0.05) is 72.8 Å². The summed E-state index contributed by atoms with van der Waals surface area (Å²) in [6.07, 6.45) is -4.50. The van der Waals surface area contributed by atoms with Gasteiger partial charge in [-0.25, -0.2) is 8.42 Å². The SMILES string of the molecule is O=C(NCc1cccc(C(F)(F)F)c1)c1ccccc1N(Cc1ccccc1)S(=O)(=O)c1ccccc1. The van der Waals surface area contributed by atoms with E-state index < -0.39 is 27.7 Å². The van der Waals surface area contributed by atoms with E-state index in [4.69, 9.17) is 0 Å². The highest BCUT2D eigenvalue weighted by Crippen LogP contribution is 2.31. The van der Waals surface area contributed by atoms with Gasteiger partial charge >= 0.3 is 6.18 Å². The summed E-state index contributed by atoms with van der Waals surface area (Å²) in [5.41, 5.74) is 0.379. The van der Waals surface area contributed by atoms with E-state index in [-0.39, 0.29) is 34.8 Å². The molecule has 0 saturated heterocycles. The van der Waals surface area contributed by atoms with Crippen molar-refractivity contribution in [2.45, 2.75) is 24.2 Å². The Bertz CT molecular complexity index is 1480. The summed E-state index contributed by atoms with van der Waals surface area (Å²) >= 11 is 0. The van der Waals surface area contributed by atoms with Crippen LogP contribution in [0.4, 0.5) is 18.9 Å². The number of hydrogen-bond acceptors (Lipinski definition) is 3. The zero-order valence-electron chi connectivity index (χ0n) is 19.5. The van der Waals surface area contributed by atoms with Crippen LogP contribution in [-0.2, 0) is 29.3 Å². The van der Waals surface area contributed by atoms with E-state index in [9.17, 15) is 26.4 Å². The van der Waals surface area contributed by atoms with Gasteiger partial charge in [0.15, 0.2) is 0 Å². The second-order valence-electron chi connectivity index (χ2n) is 8.21. The zero-order valence-corrected chi connectivity index (χ0v) is 20.3. The van der Waals surface area contributed by atoms with Crippen LogP contribution >= 0.6 is 0 Å². The molecule has 4 rings (SSSR count). The number of para-hydroxylation sites is 1. The van der Waals surface area contributed by atoms with Crippen LogP contribution in [0.25, 0.3) is 0 Å². The summed E-state index contributed by atoms with van der Waals surface area (Å²) in [6.45, 7) is -0.197. The Morgan fingerprint density at radius 1 is 0.757 bits per heavy atom. The summed E-state index contributed by atoms with van der Waals surface area (Å²) in [5.74, 6) is -0.616. The number of benzene rings is 4. The molecule has 0 atom stereocenters. The summed E-state index contributed by atoms with van der Waals surface area (Å²) in [7, 11) is -4.07. The molecule has 0 radical (unpaired) electrons. The average molecular weight is 525 g/mol. The normalized spacial score (nSPS) is 11.6. The number of hydrogen-bond donors (Lipinski definition) is 1. The number of nitrogens with zero attached hydrogens (tertiary/aromatic N) is 1. The summed E-state index contributed by atoms with van der Waals surface area (Å²) in [4.78, 5) is 13.2. The smallest absolute Gasteiger partial charge is 0.348 e. The van der Waals surface area contributed by atoms with Crippen LogP contribution in [-0.4, -0.2) is 14.3 Å². The second-order valence-corrected chi connectivity index (χ2v) is 10.1. The Kier molecular flexibility index (Phi) is 7.63. The van der Waals surface area contributed by atoms with E-state index in [0.717, 1.165) is 16.4 Å². The van der Waals surface area contributed by atoms with Crippen LogP contribution in [0.1, 0.15) is 27.0 Å². The van der Waals surface area contributed by atoms with Gasteiger partial charge in [-0.2, -0.15) is 13.2 Å². The molecule has 190 valence electrons. The standard InChI is InChI=1S/C28H23F3N2O3S/c29-28(30,31)23-13-9-12-22(18-23)19-32-27(34)25-16-7-8-17-26(25)33(20-21-10-3-1-4-11-21)37(35,36)24-14-5-2-6-15-24/h1-18H,19-20H2,(H,32,34). The predicted octanol–water partition coefficient (Wildman–Crippen LogP) is 6.03. The molecule has 0 spiro atoms. The largest absolute Gasteiger partial charge is 0.416 e. The summed E-state index contributed by atoms with van der Waals surface area (Å²) < 4.78 is 67.7. The van der Waals surface area contributed by atoms with Crippen molar-refractivity contribution in [3.8, 4) is 0 Å². The Labute approximate surface area is 213 Å². The van der Waals surface area contributed by atoms with Gasteiger partial charge in [-0.15, -0.1) is 0 Å². The third-order valence-corrected chi connectivity index (χ3v) is 7.40. The lowest BCUT2D eigenvalue weighted by atomic mass is 10.1. The molecule has 0 fully saturated rings. The van der Waals surface area contributed by atoms with Crippen molar-refractivity contribution in [3.63, 3.8) is 0 Å². The van der Waals surface area contributed by atoms with Gasteiger partial charge < -0.3 is 5.32 Å². The highest BCUT2D eigenvalue weighted by atomic mass is 32.2. The molecule has 0 aliphatic heterocycles. The van der Waals surface area contributed by atoms with E-state index in [1.54, 1.807) is 54.6 Å². The predicted molar refractivity (Wildman–Crippen MR) is 135 cm³/mol. The number of anilines is 1. The van der Waals surface area contributed by atoms with Crippen molar-refractivity contribution in [1.29, 1.82) is 0 Å². The molecule has 0 aliphatic rings. The Hall–Kier alpha value is -4.11. The Morgan fingerprint density at radius 2 is 1.35 bits per heavy atom. The molecule has 0 unspecified atom stereocenters. The molecule has 4 aromatic rings. The molecule has 0 aliphatic carbocycles. The first-order chi connectivity index (χ1) is 17.7. The number of sulfonamides is 1. The van der Waals surface area contributed by atoms with Crippen molar-refractivity contribution in [1.82, 2.24) is 5.32 Å². The lowest BCUT2D eigenvalue weighted by Gasteiger charge is -2.26. The Morgan fingerprint density at radius 3 is 2.03 bits per heavy atom. The van der Waals surface area contributed by atoms with Gasteiger partial charge in [-0.3, -0.25) is 9.10 Å².